The van der Waals surface area contributed by atoms with E-state index in [2.05, 4.69) is 32.9 Å². The Kier molecular flexibility index (Phi) is 10.1. The van der Waals surface area contributed by atoms with Gasteiger partial charge in [0, 0.05) is 6.54 Å². The Balaban J connectivity index is 1.64. The summed E-state index contributed by atoms with van der Waals surface area (Å²) in [4.78, 5) is 12.7. The number of nitrogens with zero attached hydrogens (tertiary/aromatic N) is 3. The highest BCUT2D eigenvalue weighted by atomic mass is 16.1. The summed E-state index contributed by atoms with van der Waals surface area (Å²) in [6.07, 6.45) is 12.8. The Bertz CT molecular complexity index is 615. The van der Waals surface area contributed by atoms with Crippen molar-refractivity contribution in [3.05, 3.63) is 41.7 Å². The van der Waals surface area contributed by atoms with Gasteiger partial charge in [0.2, 0.25) is 5.91 Å². The largest absolute Gasteiger partial charge is 0.355 e. The fourth-order valence-electron chi connectivity index (χ4n) is 3.28. The van der Waals surface area contributed by atoms with Gasteiger partial charge >= 0.3 is 0 Å². The predicted octanol–water partition coefficient (Wildman–Crippen LogP) is 4.37. The quantitative estimate of drug-likeness (QED) is 0.483. The molecular weight excluding hydrogens is 338 g/mol. The number of rotatable bonds is 14. The number of amides is 1. The van der Waals surface area contributed by atoms with Crippen molar-refractivity contribution in [2.75, 3.05) is 6.54 Å². The Hall–Kier alpha value is -2.24. The highest BCUT2D eigenvalue weighted by molar-refractivity contribution is 5.86. The molecule has 0 fully saturated rings. The van der Waals surface area contributed by atoms with Gasteiger partial charge in [-0.25, -0.2) is 0 Å². The molecule has 1 atom stereocenters. The second kappa shape index (κ2) is 13.0. The van der Waals surface area contributed by atoms with Crippen molar-refractivity contribution in [3.8, 4) is 0 Å². The third-order valence-corrected chi connectivity index (χ3v) is 4.84. The van der Waals surface area contributed by atoms with E-state index in [4.69, 9.17) is 0 Å². The van der Waals surface area contributed by atoms with E-state index in [0.717, 1.165) is 18.4 Å². The molecule has 1 heterocycles. The van der Waals surface area contributed by atoms with Gasteiger partial charge in [0.05, 0.1) is 0 Å². The lowest BCUT2D eigenvalue weighted by Crippen LogP contribution is -2.31. The number of nitrogens with one attached hydrogen (secondary N) is 2. The van der Waals surface area contributed by atoms with Gasteiger partial charge in [-0.3, -0.25) is 4.79 Å². The highest BCUT2D eigenvalue weighted by Crippen LogP contribution is 2.21. The molecule has 6 heteroatoms. The molecule has 148 valence electrons. The molecule has 0 aliphatic heterocycles. The summed E-state index contributed by atoms with van der Waals surface area (Å²) in [6, 6.07) is 9.59. The summed E-state index contributed by atoms with van der Waals surface area (Å²) < 4.78 is 0. The maximum absolute atomic E-state index is 12.7. The van der Waals surface area contributed by atoms with Crippen molar-refractivity contribution >= 4 is 5.91 Å². The molecule has 0 spiro atoms. The number of unbranched alkanes of at least 4 members (excludes halogenated alkanes) is 9. The lowest BCUT2D eigenvalue weighted by molar-refractivity contribution is -0.121. The first-order chi connectivity index (χ1) is 13.3. The number of carbonyl (C=O) groups is 1. The van der Waals surface area contributed by atoms with Gasteiger partial charge in [-0.1, -0.05) is 100 Å². The lowest BCUT2D eigenvalue weighted by Gasteiger charge is -2.14. The first-order valence-corrected chi connectivity index (χ1v) is 10.4. The third kappa shape index (κ3) is 7.89. The molecule has 1 amide bonds. The zero-order chi connectivity index (χ0) is 19.2. The smallest absolute Gasteiger partial charge is 0.235 e. The minimum atomic E-state index is -0.520. The van der Waals surface area contributed by atoms with Crippen LogP contribution in [0.4, 0.5) is 0 Å². The maximum Gasteiger partial charge on any atom is 0.235 e. The molecule has 2 N–H and O–H groups in total. The average Bonchev–Trinajstić information content (AvgIpc) is 3.21. The van der Waals surface area contributed by atoms with E-state index in [-0.39, 0.29) is 5.91 Å². The summed E-state index contributed by atoms with van der Waals surface area (Å²) in [7, 11) is 0. The Labute approximate surface area is 162 Å². The molecule has 2 rings (SSSR count). The van der Waals surface area contributed by atoms with Crippen LogP contribution in [0.25, 0.3) is 0 Å². The second-order valence-corrected chi connectivity index (χ2v) is 7.09. The molecule has 6 nitrogen and oxygen atoms in total. The van der Waals surface area contributed by atoms with Crippen LogP contribution in [0.3, 0.4) is 0 Å². The van der Waals surface area contributed by atoms with Gasteiger partial charge in [-0.15, -0.1) is 10.2 Å². The zero-order valence-electron chi connectivity index (χ0n) is 16.5. The van der Waals surface area contributed by atoms with E-state index in [1.54, 1.807) is 0 Å². The molecule has 0 aliphatic carbocycles. The van der Waals surface area contributed by atoms with E-state index >= 15 is 0 Å². The third-order valence-electron chi connectivity index (χ3n) is 4.84. The van der Waals surface area contributed by atoms with Gasteiger partial charge in [-0.05, 0) is 12.0 Å². The lowest BCUT2D eigenvalue weighted by atomic mass is 9.97. The zero-order valence-corrected chi connectivity index (χ0v) is 16.5. The fraction of sp³-hybridized carbons (Fsp3) is 0.619. The van der Waals surface area contributed by atoms with Crippen molar-refractivity contribution < 1.29 is 4.79 Å². The van der Waals surface area contributed by atoms with Crippen molar-refractivity contribution in [3.63, 3.8) is 0 Å². The average molecular weight is 372 g/mol. The van der Waals surface area contributed by atoms with Crippen molar-refractivity contribution in [2.24, 2.45) is 0 Å². The van der Waals surface area contributed by atoms with E-state index in [9.17, 15) is 4.79 Å². The van der Waals surface area contributed by atoms with Crippen LogP contribution in [0.2, 0.25) is 0 Å². The molecule has 2 aromatic rings. The number of benzene rings is 1. The number of hydrogen-bond acceptors (Lipinski definition) is 4. The number of H-pyrrole nitrogens is 1. The maximum atomic E-state index is 12.7. The van der Waals surface area contributed by atoms with Crippen LogP contribution in [0.1, 0.15) is 88.4 Å². The highest BCUT2D eigenvalue weighted by Gasteiger charge is 2.26. The van der Waals surface area contributed by atoms with Crippen LogP contribution in [0, 0.1) is 0 Å². The van der Waals surface area contributed by atoms with Crippen molar-refractivity contribution in [1.29, 1.82) is 0 Å². The molecule has 1 aromatic carbocycles. The van der Waals surface area contributed by atoms with Gasteiger partial charge < -0.3 is 5.32 Å². The van der Waals surface area contributed by atoms with Crippen LogP contribution in [-0.4, -0.2) is 33.1 Å². The van der Waals surface area contributed by atoms with Gasteiger partial charge in [0.15, 0.2) is 5.82 Å². The first kappa shape index (κ1) is 21.1. The molecular formula is C21H33N5O. The minimum absolute atomic E-state index is 0.0708. The monoisotopic (exact) mass is 371 g/mol. The van der Waals surface area contributed by atoms with Crippen LogP contribution in [0.15, 0.2) is 30.3 Å². The summed E-state index contributed by atoms with van der Waals surface area (Å²) in [5.41, 5.74) is 0.875. The number of aromatic amines is 1. The fourth-order valence-corrected chi connectivity index (χ4v) is 3.28. The van der Waals surface area contributed by atoms with Gasteiger partial charge in [0.1, 0.15) is 5.92 Å². The number of tetrazole rings is 1. The second-order valence-electron chi connectivity index (χ2n) is 7.09. The molecule has 0 bridgehead atoms. The molecule has 1 unspecified atom stereocenters. The van der Waals surface area contributed by atoms with Crippen LogP contribution in [-0.2, 0) is 4.79 Å². The summed E-state index contributed by atoms with van der Waals surface area (Å²) in [6.45, 7) is 2.94. The van der Waals surface area contributed by atoms with E-state index < -0.39 is 5.92 Å². The minimum Gasteiger partial charge on any atom is -0.355 e. The molecule has 0 aliphatic rings. The Morgan fingerprint density at radius 3 is 2.19 bits per heavy atom. The Morgan fingerprint density at radius 2 is 1.59 bits per heavy atom. The van der Waals surface area contributed by atoms with Crippen LogP contribution >= 0.6 is 0 Å². The Morgan fingerprint density at radius 1 is 0.963 bits per heavy atom. The topological polar surface area (TPSA) is 83.6 Å². The van der Waals surface area contributed by atoms with Crippen molar-refractivity contribution in [2.45, 2.75) is 77.0 Å². The summed E-state index contributed by atoms with van der Waals surface area (Å²) >= 11 is 0. The van der Waals surface area contributed by atoms with Crippen LogP contribution < -0.4 is 5.32 Å². The normalized spacial score (nSPS) is 12.0. The van der Waals surface area contributed by atoms with Gasteiger partial charge in [0.25, 0.3) is 0 Å². The van der Waals surface area contributed by atoms with E-state index in [0.29, 0.717) is 12.4 Å². The molecule has 27 heavy (non-hydrogen) atoms. The van der Waals surface area contributed by atoms with Crippen LogP contribution in [0.5, 0.6) is 0 Å². The molecule has 0 saturated carbocycles. The predicted molar refractivity (Wildman–Crippen MR) is 107 cm³/mol. The number of hydrogen-bond donors (Lipinski definition) is 2. The molecule has 1 aromatic heterocycles. The van der Waals surface area contributed by atoms with E-state index in [1.165, 1.54) is 51.4 Å². The SMILES string of the molecule is CCCCCCCCCCCCNC(=O)C(c1ccccc1)c1nn[nH]n1. The van der Waals surface area contributed by atoms with Gasteiger partial charge in [-0.2, -0.15) is 5.21 Å². The van der Waals surface area contributed by atoms with E-state index in [1.807, 2.05) is 30.3 Å². The first-order valence-electron chi connectivity index (χ1n) is 10.4. The number of carbonyl (C=O) groups excluding carboxylic acids is 1. The number of aromatic nitrogens is 4. The standard InChI is InChI=1S/C21H33N5O/c1-2-3-4-5-6-7-8-9-10-14-17-22-21(27)19(20-23-25-26-24-20)18-15-12-11-13-16-18/h11-13,15-16,19H,2-10,14,17H2,1H3,(H,22,27)(H,23,24,25,26). The summed E-state index contributed by atoms with van der Waals surface area (Å²) in [5.74, 6) is -0.187. The molecule has 0 radical (unpaired) electrons. The summed E-state index contributed by atoms with van der Waals surface area (Å²) in [5, 5.41) is 17.1. The molecule has 0 saturated heterocycles. The van der Waals surface area contributed by atoms with Crippen molar-refractivity contribution in [1.82, 2.24) is 25.9 Å².